The van der Waals surface area contributed by atoms with Gasteiger partial charge in [0.05, 0.1) is 11.7 Å². The lowest BCUT2D eigenvalue weighted by atomic mass is 9.52. The van der Waals surface area contributed by atoms with E-state index in [1.54, 1.807) is 12.3 Å². The Morgan fingerprint density at radius 2 is 2.11 bits per heavy atom. The van der Waals surface area contributed by atoms with E-state index in [4.69, 9.17) is 4.74 Å². The first-order valence-corrected chi connectivity index (χ1v) is 7.05. The predicted molar refractivity (Wildman–Crippen MR) is 70.9 cm³/mol. The van der Waals surface area contributed by atoms with Gasteiger partial charge in [0, 0.05) is 6.08 Å². The Morgan fingerprint density at radius 1 is 1.33 bits per heavy atom. The smallest absolute Gasteiger partial charge is 0.169 e. The Kier molecular flexibility index (Phi) is 2.48. The topological polar surface area (TPSA) is 26.3 Å². The minimum Gasteiger partial charge on any atom is -0.490 e. The van der Waals surface area contributed by atoms with Crippen LogP contribution < -0.4 is 0 Å². The number of carbonyl (C=O) groups excluding carboxylic acids is 1. The van der Waals surface area contributed by atoms with Crippen LogP contribution in [0.1, 0.15) is 40.0 Å². The minimum atomic E-state index is -0.458. The first kappa shape index (κ1) is 12.0. The van der Waals surface area contributed by atoms with Crippen molar-refractivity contribution >= 4 is 5.78 Å². The van der Waals surface area contributed by atoms with Crippen LogP contribution in [0.15, 0.2) is 24.5 Å². The summed E-state index contributed by atoms with van der Waals surface area (Å²) in [5.74, 6) is 2.00. The summed E-state index contributed by atoms with van der Waals surface area (Å²) in [6.45, 7) is 6.48. The Bertz CT molecular complexity index is 436. The summed E-state index contributed by atoms with van der Waals surface area (Å²) in [6.07, 6.45) is 11.2. The number of allylic oxidation sites excluding steroid dienone is 2. The highest BCUT2D eigenvalue weighted by molar-refractivity contribution is 5.97. The van der Waals surface area contributed by atoms with Crippen LogP contribution >= 0.6 is 0 Å². The van der Waals surface area contributed by atoms with Crippen LogP contribution in [0.4, 0.5) is 0 Å². The highest BCUT2D eigenvalue weighted by atomic mass is 16.5. The summed E-state index contributed by atoms with van der Waals surface area (Å²) in [5.41, 5.74) is -0.845. The summed E-state index contributed by atoms with van der Waals surface area (Å²) in [4.78, 5) is 12.5. The van der Waals surface area contributed by atoms with Crippen molar-refractivity contribution in [3.05, 3.63) is 24.5 Å². The average molecular weight is 246 g/mol. The number of ether oxygens (including phenoxy) is 1. The van der Waals surface area contributed by atoms with Crippen molar-refractivity contribution in [1.29, 1.82) is 0 Å². The number of fused-ring (bicyclic) bond motifs is 3. The van der Waals surface area contributed by atoms with Gasteiger partial charge in [0.25, 0.3) is 0 Å². The summed E-state index contributed by atoms with van der Waals surface area (Å²) < 4.78 is 5.83. The van der Waals surface area contributed by atoms with Gasteiger partial charge < -0.3 is 4.74 Å². The van der Waals surface area contributed by atoms with Gasteiger partial charge in [-0.1, -0.05) is 19.4 Å². The molecule has 1 fully saturated rings. The molecule has 1 aliphatic heterocycles. The number of ketones is 1. The molecule has 2 aliphatic carbocycles. The van der Waals surface area contributed by atoms with Gasteiger partial charge in [-0.3, -0.25) is 4.79 Å². The van der Waals surface area contributed by atoms with Crippen LogP contribution in [0.25, 0.3) is 0 Å². The van der Waals surface area contributed by atoms with Crippen LogP contribution in [0.2, 0.25) is 0 Å². The predicted octanol–water partition coefficient (Wildman–Crippen LogP) is 3.49. The van der Waals surface area contributed by atoms with Crippen molar-refractivity contribution in [3.8, 4) is 0 Å². The van der Waals surface area contributed by atoms with Crippen LogP contribution in [0.5, 0.6) is 0 Å². The molecule has 18 heavy (non-hydrogen) atoms. The third-order valence-corrected chi connectivity index (χ3v) is 5.64. The lowest BCUT2D eigenvalue weighted by molar-refractivity contribution is -0.154. The molecule has 0 spiro atoms. The fourth-order valence-electron chi connectivity index (χ4n) is 4.20. The molecule has 0 unspecified atom stereocenters. The van der Waals surface area contributed by atoms with Gasteiger partial charge in [-0.2, -0.15) is 0 Å². The van der Waals surface area contributed by atoms with E-state index < -0.39 is 5.60 Å². The van der Waals surface area contributed by atoms with E-state index in [2.05, 4.69) is 32.9 Å². The molecule has 1 heterocycles. The van der Waals surface area contributed by atoms with Gasteiger partial charge in [-0.15, -0.1) is 0 Å². The largest absolute Gasteiger partial charge is 0.490 e. The summed E-state index contributed by atoms with van der Waals surface area (Å²) in [7, 11) is 0. The van der Waals surface area contributed by atoms with E-state index in [0.717, 1.165) is 12.3 Å². The molecule has 2 heteroatoms. The molecule has 3 rings (SSSR count). The molecule has 5 atom stereocenters. The third-order valence-electron chi connectivity index (χ3n) is 5.64. The Balaban J connectivity index is 2.06. The number of rotatable bonds is 0. The van der Waals surface area contributed by atoms with Gasteiger partial charge >= 0.3 is 0 Å². The zero-order valence-electron chi connectivity index (χ0n) is 11.5. The fraction of sp³-hybridized carbons (Fsp3) is 0.688. The van der Waals surface area contributed by atoms with Crippen molar-refractivity contribution in [1.82, 2.24) is 0 Å². The lowest BCUT2D eigenvalue weighted by Gasteiger charge is -2.55. The second-order valence-corrected chi connectivity index (χ2v) is 6.64. The standard InChI is InChI=1S/C16H22O2/c1-11-4-5-13-12(10-11)6-8-15(2)16(13,3)14(17)7-9-18-15/h6-9,11-13H,4-5,10H2,1-3H3/t11-,12+,13+,15-,16+/m1/s1. The molecule has 0 saturated heterocycles. The van der Waals surface area contributed by atoms with Crippen LogP contribution in [0, 0.1) is 23.2 Å². The van der Waals surface area contributed by atoms with E-state index in [1.807, 2.05) is 0 Å². The molecule has 2 nitrogen and oxygen atoms in total. The summed E-state index contributed by atoms with van der Waals surface area (Å²) in [5, 5.41) is 0. The molecule has 3 aliphatic rings. The van der Waals surface area contributed by atoms with E-state index in [0.29, 0.717) is 11.8 Å². The molecule has 0 aromatic rings. The number of hydrogen-bond donors (Lipinski definition) is 0. The average Bonchev–Trinajstić information content (AvgIpc) is 2.33. The first-order valence-electron chi connectivity index (χ1n) is 7.05. The van der Waals surface area contributed by atoms with Crippen molar-refractivity contribution in [2.45, 2.75) is 45.6 Å². The normalized spacial score (nSPS) is 50.4. The molecule has 0 N–H and O–H groups in total. The Hall–Kier alpha value is -1.05. The van der Waals surface area contributed by atoms with Crippen LogP contribution in [0.3, 0.4) is 0 Å². The highest BCUT2D eigenvalue weighted by Crippen LogP contribution is 2.56. The minimum absolute atomic E-state index is 0.241. The Labute approximate surface area is 109 Å². The number of hydrogen-bond acceptors (Lipinski definition) is 2. The van der Waals surface area contributed by atoms with Gasteiger partial charge in [-0.05, 0) is 50.5 Å². The third kappa shape index (κ3) is 1.38. The maximum atomic E-state index is 12.5. The molecular formula is C16H22O2. The van der Waals surface area contributed by atoms with Gasteiger partial charge in [0.2, 0.25) is 0 Å². The van der Waals surface area contributed by atoms with Crippen molar-refractivity contribution in [2.75, 3.05) is 0 Å². The van der Waals surface area contributed by atoms with Crippen molar-refractivity contribution in [3.63, 3.8) is 0 Å². The lowest BCUT2D eigenvalue weighted by Crippen LogP contribution is -2.59. The Morgan fingerprint density at radius 3 is 2.89 bits per heavy atom. The fourth-order valence-corrected chi connectivity index (χ4v) is 4.20. The van der Waals surface area contributed by atoms with Crippen LogP contribution in [-0.2, 0) is 9.53 Å². The second kappa shape index (κ2) is 3.72. The zero-order valence-corrected chi connectivity index (χ0v) is 11.5. The van der Waals surface area contributed by atoms with Crippen molar-refractivity contribution in [2.24, 2.45) is 23.2 Å². The van der Waals surface area contributed by atoms with E-state index in [9.17, 15) is 4.79 Å². The molecule has 0 bridgehead atoms. The molecule has 0 radical (unpaired) electrons. The van der Waals surface area contributed by atoms with E-state index in [1.165, 1.54) is 12.8 Å². The molecule has 0 aromatic heterocycles. The van der Waals surface area contributed by atoms with Gasteiger partial charge in [-0.25, -0.2) is 0 Å². The highest BCUT2D eigenvalue weighted by Gasteiger charge is 2.59. The van der Waals surface area contributed by atoms with E-state index in [-0.39, 0.29) is 11.2 Å². The molecule has 98 valence electrons. The molecule has 0 aromatic carbocycles. The maximum absolute atomic E-state index is 12.5. The van der Waals surface area contributed by atoms with E-state index >= 15 is 0 Å². The van der Waals surface area contributed by atoms with Crippen LogP contribution in [-0.4, -0.2) is 11.4 Å². The SMILES string of the molecule is C[C@@H]1CC[C@H]2[C@@H](C=C[C@@]3(C)OC=CC(=O)[C@]23C)C1. The second-order valence-electron chi connectivity index (χ2n) is 6.64. The molecule has 0 amide bonds. The maximum Gasteiger partial charge on any atom is 0.169 e. The first-order chi connectivity index (χ1) is 8.47. The molecular weight excluding hydrogens is 224 g/mol. The quantitative estimate of drug-likeness (QED) is 0.612. The monoisotopic (exact) mass is 246 g/mol. The zero-order chi connectivity index (χ0) is 13.0. The van der Waals surface area contributed by atoms with Crippen molar-refractivity contribution < 1.29 is 9.53 Å². The molecule has 1 saturated carbocycles. The number of carbonyl (C=O) groups is 1. The van der Waals surface area contributed by atoms with Gasteiger partial charge in [0.1, 0.15) is 5.60 Å². The summed E-state index contributed by atoms with van der Waals surface area (Å²) >= 11 is 0. The summed E-state index contributed by atoms with van der Waals surface area (Å²) in [6, 6.07) is 0. The van der Waals surface area contributed by atoms with Gasteiger partial charge in [0.15, 0.2) is 5.78 Å².